The summed E-state index contributed by atoms with van der Waals surface area (Å²) in [4.78, 5) is 26.5. The molecule has 0 aromatic heterocycles. The summed E-state index contributed by atoms with van der Waals surface area (Å²) in [5.74, 6) is -0.460. The van der Waals surface area contributed by atoms with E-state index in [1.54, 1.807) is 42.5 Å². The van der Waals surface area contributed by atoms with Gasteiger partial charge in [0.2, 0.25) is 0 Å². The lowest BCUT2D eigenvalue weighted by Crippen LogP contribution is -2.30. The molecule has 7 heteroatoms. The van der Waals surface area contributed by atoms with Crippen molar-refractivity contribution >= 4 is 51.3 Å². The molecule has 5 nitrogen and oxygen atoms in total. The molecular formula is C24H18BrN3O2S. The van der Waals surface area contributed by atoms with Crippen LogP contribution in [0.5, 0.6) is 0 Å². The van der Waals surface area contributed by atoms with Gasteiger partial charge in [-0.05, 0) is 60.2 Å². The third-order valence-corrected chi connectivity index (χ3v) is 5.48. The standard InChI is InChI=1S/C24H18BrN3O2S/c25-19-8-4-5-17(15-19)16-22(28-23(29)18-6-2-1-3-7-18)24(30)27-20-9-11-21(12-10-20)31-14-13-26/h1-12,15-16H,14H2,(H,27,30)(H,28,29)/b22-16-. The summed E-state index contributed by atoms with van der Waals surface area (Å²) in [6.07, 6.45) is 1.62. The Morgan fingerprint density at radius 2 is 1.74 bits per heavy atom. The smallest absolute Gasteiger partial charge is 0.272 e. The largest absolute Gasteiger partial charge is 0.321 e. The first-order valence-corrected chi connectivity index (χ1v) is 11.1. The number of thioether (sulfide) groups is 1. The molecule has 3 aromatic carbocycles. The number of carbonyl (C=O) groups excluding carboxylic acids is 2. The van der Waals surface area contributed by atoms with E-state index >= 15 is 0 Å². The Kier molecular flexibility index (Phi) is 8.05. The zero-order chi connectivity index (χ0) is 22.1. The van der Waals surface area contributed by atoms with E-state index < -0.39 is 5.91 Å². The molecule has 154 valence electrons. The van der Waals surface area contributed by atoms with Crippen LogP contribution in [0.25, 0.3) is 6.08 Å². The van der Waals surface area contributed by atoms with Crippen molar-refractivity contribution in [3.05, 3.63) is 100 Å². The van der Waals surface area contributed by atoms with Gasteiger partial charge in [-0.15, -0.1) is 11.8 Å². The SMILES string of the molecule is N#CCSc1ccc(NC(=O)/C(=C/c2cccc(Br)c2)NC(=O)c2ccccc2)cc1. The summed E-state index contributed by atoms with van der Waals surface area (Å²) in [7, 11) is 0. The van der Waals surface area contributed by atoms with Crippen LogP contribution >= 0.6 is 27.7 Å². The van der Waals surface area contributed by atoms with Gasteiger partial charge in [-0.2, -0.15) is 5.26 Å². The molecule has 0 heterocycles. The first kappa shape index (κ1) is 22.3. The Balaban J connectivity index is 1.82. The number of nitriles is 1. The first-order chi connectivity index (χ1) is 15.0. The number of hydrogen-bond donors (Lipinski definition) is 2. The predicted molar refractivity (Wildman–Crippen MR) is 127 cm³/mol. The van der Waals surface area contributed by atoms with Crippen LogP contribution in [0.2, 0.25) is 0 Å². The summed E-state index contributed by atoms with van der Waals surface area (Å²) in [5.41, 5.74) is 1.92. The van der Waals surface area contributed by atoms with Gasteiger partial charge < -0.3 is 10.6 Å². The van der Waals surface area contributed by atoms with Gasteiger partial charge in [0, 0.05) is 20.6 Å². The minimum Gasteiger partial charge on any atom is -0.321 e. The van der Waals surface area contributed by atoms with Gasteiger partial charge in [0.15, 0.2) is 0 Å². The van der Waals surface area contributed by atoms with Crippen LogP contribution in [0, 0.1) is 11.3 Å². The Hall–Kier alpha value is -3.34. The minimum absolute atomic E-state index is 0.120. The molecule has 0 saturated heterocycles. The van der Waals surface area contributed by atoms with Crippen molar-refractivity contribution in [1.29, 1.82) is 5.26 Å². The summed E-state index contributed by atoms with van der Waals surface area (Å²) < 4.78 is 0.862. The van der Waals surface area contributed by atoms with Crippen molar-refractivity contribution in [3.8, 4) is 6.07 Å². The van der Waals surface area contributed by atoms with Crippen molar-refractivity contribution in [3.63, 3.8) is 0 Å². The van der Waals surface area contributed by atoms with E-state index in [0.29, 0.717) is 17.0 Å². The molecule has 3 rings (SSSR count). The number of hydrogen-bond acceptors (Lipinski definition) is 4. The van der Waals surface area contributed by atoms with Crippen LogP contribution in [-0.2, 0) is 4.79 Å². The van der Waals surface area contributed by atoms with Crippen LogP contribution in [0.15, 0.2) is 93.9 Å². The number of benzene rings is 3. The molecule has 0 fully saturated rings. The third-order valence-electron chi connectivity index (χ3n) is 4.10. The highest BCUT2D eigenvalue weighted by Crippen LogP contribution is 2.20. The van der Waals surface area contributed by atoms with Crippen LogP contribution in [0.1, 0.15) is 15.9 Å². The average molecular weight is 492 g/mol. The fourth-order valence-electron chi connectivity index (χ4n) is 2.65. The number of nitrogens with one attached hydrogen (secondary N) is 2. The Bertz CT molecular complexity index is 1140. The molecule has 31 heavy (non-hydrogen) atoms. The lowest BCUT2D eigenvalue weighted by molar-refractivity contribution is -0.113. The van der Waals surface area contributed by atoms with Gasteiger partial charge in [0.25, 0.3) is 11.8 Å². The second-order valence-corrected chi connectivity index (χ2v) is 8.32. The van der Waals surface area contributed by atoms with E-state index in [-0.39, 0.29) is 11.6 Å². The number of amides is 2. The molecule has 2 N–H and O–H groups in total. The summed E-state index contributed by atoms with van der Waals surface area (Å²) in [5, 5.41) is 14.2. The normalized spacial score (nSPS) is 10.8. The minimum atomic E-state index is -0.443. The summed E-state index contributed by atoms with van der Waals surface area (Å²) in [6.45, 7) is 0. The highest BCUT2D eigenvalue weighted by molar-refractivity contribution is 9.10. The first-order valence-electron chi connectivity index (χ1n) is 9.30. The summed E-state index contributed by atoms with van der Waals surface area (Å²) >= 11 is 4.83. The molecule has 0 radical (unpaired) electrons. The van der Waals surface area contributed by atoms with Crippen LogP contribution in [-0.4, -0.2) is 17.6 Å². The molecule has 0 saturated carbocycles. The Labute approximate surface area is 193 Å². The maximum atomic E-state index is 13.0. The fourth-order valence-corrected chi connectivity index (χ4v) is 3.63. The fraction of sp³-hybridized carbons (Fsp3) is 0.0417. The molecule has 0 aliphatic heterocycles. The maximum Gasteiger partial charge on any atom is 0.272 e. The second kappa shape index (κ2) is 11.2. The van der Waals surface area contributed by atoms with Crippen LogP contribution < -0.4 is 10.6 Å². The molecule has 0 bridgehead atoms. The van der Waals surface area contributed by atoms with E-state index in [2.05, 4.69) is 32.6 Å². The van der Waals surface area contributed by atoms with Crippen molar-refractivity contribution in [1.82, 2.24) is 5.32 Å². The quantitative estimate of drug-likeness (QED) is 0.338. The molecule has 3 aromatic rings. The zero-order valence-corrected chi connectivity index (χ0v) is 18.7. The van der Waals surface area contributed by atoms with Gasteiger partial charge in [0.05, 0.1) is 11.8 Å². The third kappa shape index (κ3) is 6.85. The zero-order valence-electron chi connectivity index (χ0n) is 16.3. The number of rotatable bonds is 7. The Morgan fingerprint density at radius 1 is 1.00 bits per heavy atom. The monoisotopic (exact) mass is 491 g/mol. The number of anilines is 1. The lowest BCUT2D eigenvalue weighted by Gasteiger charge is -2.12. The summed E-state index contributed by atoms with van der Waals surface area (Å²) in [6, 6.07) is 25.4. The molecule has 0 atom stereocenters. The second-order valence-electron chi connectivity index (χ2n) is 6.36. The van der Waals surface area contributed by atoms with Gasteiger partial charge >= 0.3 is 0 Å². The van der Waals surface area contributed by atoms with E-state index in [9.17, 15) is 9.59 Å². The van der Waals surface area contributed by atoms with E-state index in [1.165, 1.54) is 11.8 Å². The van der Waals surface area contributed by atoms with Gasteiger partial charge in [-0.3, -0.25) is 9.59 Å². The number of carbonyl (C=O) groups is 2. The van der Waals surface area contributed by atoms with Crippen LogP contribution in [0.3, 0.4) is 0 Å². The number of nitrogens with zero attached hydrogens (tertiary/aromatic N) is 1. The predicted octanol–water partition coefficient (Wildman–Crippen LogP) is 5.47. The van der Waals surface area contributed by atoms with Crippen molar-refractivity contribution in [2.24, 2.45) is 0 Å². The molecule has 0 aliphatic rings. The highest BCUT2D eigenvalue weighted by atomic mass is 79.9. The van der Waals surface area contributed by atoms with E-state index in [1.807, 2.05) is 42.5 Å². The molecular weight excluding hydrogens is 474 g/mol. The van der Waals surface area contributed by atoms with Crippen molar-refractivity contribution in [2.75, 3.05) is 11.1 Å². The van der Waals surface area contributed by atoms with Crippen molar-refractivity contribution < 1.29 is 9.59 Å². The van der Waals surface area contributed by atoms with E-state index in [0.717, 1.165) is 14.9 Å². The highest BCUT2D eigenvalue weighted by Gasteiger charge is 2.15. The lowest BCUT2D eigenvalue weighted by atomic mass is 10.1. The maximum absolute atomic E-state index is 13.0. The molecule has 0 spiro atoms. The molecule has 0 unspecified atom stereocenters. The number of halogens is 1. The van der Waals surface area contributed by atoms with Gasteiger partial charge in [0.1, 0.15) is 5.70 Å². The Morgan fingerprint density at radius 3 is 2.42 bits per heavy atom. The topological polar surface area (TPSA) is 82.0 Å². The molecule has 0 aliphatic carbocycles. The average Bonchev–Trinajstić information content (AvgIpc) is 2.78. The van der Waals surface area contributed by atoms with Crippen molar-refractivity contribution in [2.45, 2.75) is 4.90 Å². The van der Waals surface area contributed by atoms with Gasteiger partial charge in [-0.25, -0.2) is 0 Å². The van der Waals surface area contributed by atoms with Gasteiger partial charge in [-0.1, -0.05) is 46.3 Å². The van der Waals surface area contributed by atoms with E-state index in [4.69, 9.17) is 5.26 Å². The van der Waals surface area contributed by atoms with Crippen LogP contribution in [0.4, 0.5) is 5.69 Å². The molecule has 2 amide bonds.